The second kappa shape index (κ2) is 13.6. The molecule has 4 nitrogen and oxygen atoms in total. The summed E-state index contributed by atoms with van der Waals surface area (Å²) in [4.78, 5) is 0. The number of rotatable bonds is 4. The van der Waals surface area contributed by atoms with E-state index < -0.39 is 34.9 Å². The first-order chi connectivity index (χ1) is 32.1. The van der Waals surface area contributed by atoms with Crippen molar-refractivity contribution < 1.29 is 26.3 Å². The predicted molar refractivity (Wildman–Crippen MR) is 254 cm³/mol. The van der Waals surface area contributed by atoms with Crippen LogP contribution in [0.4, 0.5) is 26.3 Å². The van der Waals surface area contributed by atoms with E-state index >= 15 is 26.3 Å². The van der Waals surface area contributed by atoms with Gasteiger partial charge in [0, 0.05) is 43.1 Å². The van der Waals surface area contributed by atoms with E-state index in [1.807, 2.05) is 72.8 Å². The summed E-state index contributed by atoms with van der Waals surface area (Å²) in [5.41, 5.74) is -1.74. The van der Waals surface area contributed by atoms with Gasteiger partial charge in [-0.2, -0.15) is 26.3 Å². The molecule has 0 amide bonds. The lowest BCUT2D eigenvalue weighted by Crippen LogP contribution is -2.26. The standard InChI is InChI=1S/C56H32F6N4/c57-55(58,59)49-50(56(60,61)62)52(64-43-27-11-3-19-35(43)36-20-4-12-28-44(36)64)54(66-47-31-15-7-23-39(47)40-24-8-16-32-48(40)66)53(65-45-29-13-5-21-37(45)38-22-6-14-30-46(38)65)51(49)63-41-25-9-1-17-33(41)34-18-2-10-26-42(34)63/h1-32H. The van der Waals surface area contributed by atoms with Crippen molar-refractivity contribution in [2.24, 2.45) is 0 Å². The Morgan fingerprint density at radius 2 is 0.364 bits per heavy atom. The fraction of sp³-hybridized carbons (Fsp3) is 0.0357. The molecule has 13 rings (SSSR count). The number of hydrogen-bond acceptors (Lipinski definition) is 0. The van der Waals surface area contributed by atoms with Gasteiger partial charge in [0.25, 0.3) is 0 Å². The lowest BCUT2D eigenvalue weighted by molar-refractivity contribution is -0.161. The van der Waals surface area contributed by atoms with Gasteiger partial charge < -0.3 is 18.3 Å². The van der Waals surface area contributed by atoms with Crippen molar-refractivity contribution in [1.29, 1.82) is 0 Å². The molecule has 0 aliphatic carbocycles. The van der Waals surface area contributed by atoms with Gasteiger partial charge in [0.15, 0.2) is 0 Å². The van der Waals surface area contributed by atoms with Gasteiger partial charge in [0.2, 0.25) is 0 Å². The van der Waals surface area contributed by atoms with E-state index in [-0.39, 0.29) is 11.4 Å². The van der Waals surface area contributed by atoms with Crippen LogP contribution in [0.2, 0.25) is 0 Å². The molecule has 0 saturated carbocycles. The van der Waals surface area contributed by atoms with E-state index in [1.54, 1.807) is 130 Å². The highest BCUT2D eigenvalue weighted by molar-refractivity contribution is 6.16. The van der Waals surface area contributed by atoms with Crippen LogP contribution in [-0.4, -0.2) is 18.3 Å². The summed E-state index contributed by atoms with van der Waals surface area (Å²) < 4.78 is 109. The van der Waals surface area contributed by atoms with E-state index in [9.17, 15) is 0 Å². The van der Waals surface area contributed by atoms with Crippen LogP contribution in [-0.2, 0) is 12.4 Å². The molecule has 0 spiro atoms. The predicted octanol–water partition coefficient (Wildman–Crippen LogP) is 16.1. The van der Waals surface area contributed by atoms with Crippen molar-refractivity contribution in [3.8, 4) is 22.7 Å². The first-order valence-electron chi connectivity index (χ1n) is 21.4. The lowest BCUT2D eigenvalue weighted by atomic mass is 9.95. The molecule has 0 fully saturated rings. The Morgan fingerprint density at radius 3 is 0.530 bits per heavy atom. The van der Waals surface area contributed by atoms with E-state index in [4.69, 9.17) is 0 Å². The Bertz CT molecular complexity index is 3680. The number of fused-ring (bicyclic) bond motifs is 12. The molecule has 0 aliphatic rings. The SMILES string of the molecule is FC(F)(F)c1c(-n2c3ccccc3c3ccccc32)c(-n2c3ccccc3c3ccccc32)c(-n2c3ccccc3c3ccccc32)c(-n2c3ccccc3c3ccccc32)c1C(F)(F)F. The van der Waals surface area contributed by atoms with Crippen molar-refractivity contribution in [3.05, 3.63) is 205 Å². The monoisotopic (exact) mass is 874 g/mol. The van der Waals surface area contributed by atoms with Gasteiger partial charge in [0.05, 0.1) is 78.0 Å². The molecule has 0 saturated heterocycles. The molecule has 4 heterocycles. The van der Waals surface area contributed by atoms with Crippen LogP contribution in [0.5, 0.6) is 0 Å². The topological polar surface area (TPSA) is 19.7 Å². The summed E-state index contributed by atoms with van der Waals surface area (Å²) in [5, 5.41) is 5.26. The van der Waals surface area contributed by atoms with Crippen molar-refractivity contribution in [3.63, 3.8) is 0 Å². The van der Waals surface area contributed by atoms with Crippen LogP contribution < -0.4 is 0 Å². The van der Waals surface area contributed by atoms with E-state index in [2.05, 4.69) is 0 Å². The van der Waals surface area contributed by atoms with Gasteiger partial charge >= 0.3 is 12.4 Å². The zero-order chi connectivity index (χ0) is 44.6. The largest absolute Gasteiger partial charge is 0.419 e. The minimum Gasteiger partial charge on any atom is -0.306 e. The van der Waals surface area contributed by atoms with Crippen LogP contribution in [0.25, 0.3) is 110 Å². The van der Waals surface area contributed by atoms with Crippen molar-refractivity contribution in [1.82, 2.24) is 18.3 Å². The quantitative estimate of drug-likeness (QED) is 0.157. The first-order valence-corrected chi connectivity index (χ1v) is 21.4. The Kier molecular flexibility index (Phi) is 7.90. The molecule has 318 valence electrons. The Morgan fingerprint density at radius 1 is 0.212 bits per heavy atom. The van der Waals surface area contributed by atoms with Gasteiger partial charge in [-0.25, -0.2) is 0 Å². The third-order valence-corrected chi connectivity index (χ3v) is 13.2. The van der Waals surface area contributed by atoms with E-state index in [0.717, 1.165) is 21.5 Å². The fourth-order valence-corrected chi connectivity index (χ4v) is 10.8. The smallest absolute Gasteiger partial charge is 0.306 e. The molecule has 0 unspecified atom stereocenters. The van der Waals surface area contributed by atoms with Gasteiger partial charge in [-0.1, -0.05) is 146 Å². The van der Waals surface area contributed by atoms with E-state index in [1.165, 1.54) is 9.13 Å². The summed E-state index contributed by atoms with van der Waals surface area (Å²) in [6, 6.07) is 57.4. The average molecular weight is 875 g/mol. The molecule has 4 aromatic heterocycles. The number of aromatic nitrogens is 4. The van der Waals surface area contributed by atoms with Crippen molar-refractivity contribution >= 4 is 87.2 Å². The van der Waals surface area contributed by atoms with Gasteiger partial charge in [-0.3, -0.25) is 0 Å². The second-order valence-corrected chi connectivity index (χ2v) is 16.6. The van der Waals surface area contributed by atoms with Crippen LogP contribution in [0.1, 0.15) is 11.1 Å². The summed E-state index contributed by atoms with van der Waals surface area (Å²) >= 11 is 0. The number of alkyl halides is 6. The summed E-state index contributed by atoms with van der Waals surface area (Å²) in [7, 11) is 0. The average Bonchev–Trinajstić information content (AvgIpc) is 4.05. The number of hydrogen-bond donors (Lipinski definition) is 0. The van der Waals surface area contributed by atoms with Crippen LogP contribution in [0, 0.1) is 0 Å². The zero-order valence-electron chi connectivity index (χ0n) is 34.5. The summed E-state index contributed by atoms with van der Waals surface area (Å²) in [6.45, 7) is 0. The number of nitrogens with zero attached hydrogens (tertiary/aromatic N) is 4. The lowest BCUT2D eigenvalue weighted by Gasteiger charge is -2.32. The fourth-order valence-electron chi connectivity index (χ4n) is 10.8. The molecular weight excluding hydrogens is 843 g/mol. The molecule has 13 aromatic rings. The maximum atomic E-state index is 17.2. The van der Waals surface area contributed by atoms with E-state index in [0.29, 0.717) is 65.7 Å². The third kappa shape index (κ3) is 5.17. The minimum absolute atomic E-state index is 0.0809. The highest BCUT2D eigenvalue weighted by atomic mass is 19.4. The molecule has 10 heteroatoms. The zero-order valence-corrected chi connectivity index (χ0v) is 34.5. The molecule has 66 heavy (non-hydrogen) atoms. The molecule has 0 bridgehead atoms. The number of benzene rings is 9. The third-order valence-electron chi connectivity index (χ3n) is 13.2. The highest BCUT2D eigenvalue weighted by Gasteiger charge is 2.51. The maximum absolute atomic E-state index is 17.2. The molecule has 0 aliphatic heterocycles. The Labute approximate surface area is 371 Å². The van der Waals surface area contributed by atoms with Crippen molar-refractivity contribution in [2.45, 2.75) is 12.4 Å². The van der Waals surface area contributed by atoms with Crippen molar-refractivity contribution in [2.75, 3.05) is 0 Å². The molecule has 0 atom stereocenters. The Hall–Kier alpha value is -8.24. The van der Waals surface area contributed by atoms with Crippen LogP contribution >= 0.6 is 0 Å². The molecule has 0 N–H and O–H groups in total. The maximum Gasteiger partial charge on any atom is 0.419 e. The normalized spacial score (nSPS) is 12.7. The Balaban J connectivity index is 1.45. The molecular formula is C56H32F6N4. The number of halogens is 6. The summed E-state index contributed by atoms with van der Waals surface area (Å²) in [6.07, 6.45) is -11.2. The van der Waals surface area contributed by atoms with Gasteiger partial charge in [-0.05, 0) is 48.5 Å². The highest BCUT2D eigenvalue weighted by Crippen LogP contribution is 2.55. The number of para-hydroxylation sites is 8. The van der Waals surface area contributed by atoms with Gasteiger partial charge in [0.1, 0.15) is 0 Å². The first kappa shape index (κ1) is 38.2. The molecule has 9 aromatic carbocycles. The second-order valence-electron chi connectivity index (χ2n) is 16.6. The molecule has 0 radical (unpaired) electrons. The van der Waals surface area contributed by atoms with Gasteiger partial charge in [-0.15, -0.1) is 0 Å². The minimum atomic E-state index is -5.58. The van der Waals surface area contributed by atoms with Crippen LogP contribution in [0.15, 0.2) is 194 Å². The summed E-state index contributed by atoms with van der Waals surface area (Å²) in [5.74, 6) is 0. The van der Waals surface area contributed by atoms with Crippen LogP contribution in [0.3, 0.4) is 0 Å².